The first-order valence-electron chi connectivity index (χ1n) is 8.97. The summed E-state index contributed by atoms with van der Waals surface area (Å²) in [5.74, 6) is -1.18. The third kappa shape index (κ3) is 4.89. The SMILES string of the molecule is CCNC(=O)[C@H](C)OC(=O)c1cccc(S(=O)(=O)N(CC)c2ccccc2)c1. The zero-order chi connectivity index (χ0) is 20.7. The molecule has 0 aliphatic carbocycles. The number of ether oxygens (including phenoxy) is 1. The summed E-state index contributed by atoms with van der Waals surface area (Å²) in [6.07, 6.45) is -0.982. The fourth-order valence-corrected chi connectivity index (χ4v) is 4.12. The van der Waals surface area contributed by atoms with Gasteiger partial charge in [0.1, 0.15) is 0 Å². The van der Waals surface area contributed by atoms with Crippen LogP contribution in [0.1, 0.15) is 31.1 Å². The van der Waals surface area contributed by atoms with E-state index in [9.17, 15) is 18.0 Å². The van der Waals surface area contributed by atoms with E-state index in [0.717, 1.165) is 0 Å². The van der Waals surface area contributed by atoms with Gasteiger partial charge in [0.05, 0.1) is 16.1 Å². The Morgan fingerprint density at radius 3 is 2.36 bits per heavy atom. The molecule has 150 valence electrons. The first-order chi connectivity index (χ1) is 13.3. The van der Waals surface area contributed by atoms with Gasteiger partial charge in [0.2, 0.25) is 0 Å². The van der Waals surface area contributed by atoms with E-state index in [1.165, 1.54) is 35.5 Å². The van der Waals surface area contributed by atoms with Gasteiger partial charge in [0.25, 0.3) is 15.9 Å². The molecule has 2 aromatic carbocycles. The molecule has 0 aliphatic heterocycles. The fraction of sp³-hybridized carbons (Fsp3) is 0.300. The average Bonchev–Trinajstić information content (AvgIpc) is 2.69. The molecule has 0 radical (unpaired) electrons. The van der Waals surface area contributed by atoms with Crippen molar-refractivity contribution in [1.82, 2.24) is 5.32 Å². The zero-order valence-corrected chi connectivity index (χ0v) is 16.9. The summed E-state index contributed by atoms with van der Waals surface area (Å²) < 4.78 is 32.5. The average molecular weight is 404 g/mol. The van der Waals surface area contributed by atoms with Crippen LogP contribution in [-0.2, 0) is 19.6 Å². The molecule has 28 heavy (non-hydrogen) atoms. The van der Waals surface area contributed by atoms with Crippen molar-refractivity contribution in [1.29, 1.82) is 0 Å². The molecular formula is C20H24N2O5S. The Labute approximate surface area is 165 Å². The van der Waals surface area contributed by atoms with Gasteiger partial charge >= 0.3 is 5.97 Å². The summed E-state index contributed by atoms with van der Waals surface area (Å²) in [5.41, 5.74) is 0.587. The summed E-state index contributed by atoms with van der Waals surface area (Å²) in [7, 11) is -3.87. The van der Waals surface area contributed by atoms with Gasteiger partial charge in [0.15, 0.2) is 6.10 Å². The molecule has 8 heteroatoms. The summed E-state index contributed by atoms with van der Waals surface area (Å²) in [4.78, 5) is 24.0. The smallest absolute Gasteiger partial charge is 0.338 e. The molecule has 0 bridgehead atoms. The maximum atomic E-state index is 13.1. The molecule has 0 saturated carbocycles. The van der Waals surface area contributed by atoms with Gasteiger partial charge in [-0.1, -0.05) is 24.3 Å². The number of hydrogen-bond acceptors (Lipinski definition) is 5. The Morgan fingerprint density at radius 2 is 1.75 bits per heavy atom. The molecule has 0 fully saturated rings. The van der Waals surface area contributed by atoms with Crippen molar-refractivity contribution in [2.24, 2.45) is 0 Å². The largest absolute Gasteiger partial charge is 0.449 e. The predicted octanol–water partition coefficient (Wildman–Crippen LogP) is 2.58. The molecule has 0 unspecified atom stereocenters. The minimum absolute atomic E-state index is 0.0293. The molecule has 7 nitrogen and oxygen atoms in total. The van der Waals surface area contributed by atoms with E-state index in [4.69, 9.17) is 4.74 Å². The number of carbonyl (C=O) groups is 2. The lowest BCUT2D eigenvalue weighted by Crippen LogP contribution is -2.35. The Bertz CT molecular complexity index is 929. The molecule has 0 aromatic heterocycles. The van der Waals surface area contributed by atoms with E-state index in [-0.39, 0.29) is 17.0 Å². The molecule has 2 rings (SSSR count). The number of sulfonamides is 1. The number of para-hydroxylation sites is 1. The molecule has 2 aromatic rings. The van der Waals surface area contributed by atoms with Crippen LogP contribution < -0.4 is 9.62 Å². The number of hydrogen-bond donors (Lipinski definition) is 1. The van der Waals surface area contributed by atoms with E-state index < -0.39 is 28.0 Å². The quantitative estimate of drug-likeness (QED) is 0.683. The van der Waals surface area contributed by atoms with Gasteiger partial charge in [-0.15, -0.1) is 0 Å². The second kappa shape index (κ2) is 9.36. The minimum Gasteiger partial charge on any atom is -0.449 e. The highest BCUT2D eigenvalue weighted by Crippen LogP contribution is 2.24. The van der Waals surface area contributed by atoms with Crippen LogP contribution in [0.25, 0.3) is 0 Å². The molecule has 0 spiro atoms. The van der Waals surface area contributed by atoms with Gasteiger partial charge in [-0.05, 0) is 51.1 Å². The van der Waals surface area contributed by atoms with Gasteiger partial charge in [0, 0.05) is 13.1 Å². The van der Waals surface area contributed by atoms with Crippen LogP contribution in [0, 0.1) is 0 Å². The molecule has 0 heterocycles. The van der Waals surface area contributed by atoms with Crippen molar-refractivity contribution in [3.8, 4) is 0 Å². The lowest BCUT2D eigenvalue weighted by Gasteiger charge is -2.23. The van der Waals surface area contributed by atoms with Crippen molar-refractivity contribution in [2.45, 2.75) is 31.8 Å². The standard InChI is InChI=1S/C20H24N2O5S/c1-4-21-19(23)15(3)27-20(24)16-10-9-13-18(14-16)28(25,26)22(5-2)17-11-7-6-8-12-17/h6-15H,4-5H2,1-3H3,(H,21,23)/t15-/m0/s1. The van der Waals surface area contributed by atoms with Gasteiger partial charge in [-0.2, -0.15) is 0 Å². The molecule has 1 amide bonds. The Kier molecular flexibility index (Phi) is 7.17. The Hall–Kier alpha value is -2.87. The second-order valence-corrected chi connectivity index (χ2v) is 7.84. The molecular weight excluding hydrogens is 380 g/mol. The lowest BCUT2D eigenvalue weighted by molar-refractivity contribution is -0.128. The number of anilines is 1. The number of nitrogens with zero attached hydrogens (tertiary/aromatic N) is 1. The summed E-state index contributed by atoms with van der Waals surface area (Å²) in [6, 6.07) is 14.3. The Morgan fingerprint density at radius 1 is 1.07 bits per heavy atom. The van der Waals surface area contributed by atoms with Crippen LogP contribution in [0.4, 0.5) is 5.69 Å². The molecule has 1 N–H and O–H groups in total. The normalized spacial score (nSPS) is 12.1. The first-order valence-corrected chi connectivity index (χ1v) is 10.4. The first kappa shape index (κ1) is 21.4. The number of rotatable bonds is 8. The van der Waals surface area contributed by atoms with Gasteiger partial charge in [-0.3, -0.25) is 9.10 Å². The summed E-state index contributed by atoms with van der Waals surface area (Å²) in [6.45, 7) is 5.59. The molecule has 0 aliphatic rings. The molecule has 1 atom stereocenters. The van der Waals surface area contributed by atoms with Gasteiger partial charge in [-0.25, -0.2) is 13.2 Å². The van der Waals surface area contributed by atoms with E-state index in [1.54, 1.807) is 44.2 Å². The number of esters is 1. The van der Waals surface area contributed by atoms with Crippen LogP contribution >= 0.6 is 0 Å². The van der Waals surface area contributed by atoms with Gasteiger partial charge < -0.3 is 10.1 Å². The number of likely N-dealkylation sites (N-methyl/N-ethyl adjacent to an activating group) is 1. The van der Waals surface area contributed by atoms with Crippen LogP contribution in [0.15, 0.2) is 59.5 Å². The maximum Gasteiger partial charge on any atom is 0.338 e. The van der Waals surface area contributed by atoms with Crippen LogP contribution in [0.2, 0.25) is 0 Å². The van der Waals surface area contributed by atoms with Crippen LogP contribution in [0.5, 0.6) is 0 Å². The van der Waals surface area contributed by atoms with E-state index in [0.29, 0.717) is 12.2 Å². The van der Waals surface area contributed by atoms with Crippen molar-refractivity contribution >= 4 is 27.6 Å². The van der Waals surface area contributed by atoms with Crippen molar-refractivity contribution in [2.75, 3.05) is 17.4 Å². The lowest BCUT2D eigenvalue weighted by atomic mass is 10.2. The van der Waals surface area contributed by atoms with E-state index >= 15 is 0 Å². The monoisotopic (exact) mass is 404 g/mol. The number of benzene rings is 2. The summed E-state index contributed by atoms with van der Waals surface area (Å²) >= 11 is 0. The number of nitrogens with one attached hydrogen (secondary N) is 1. The van der Waals surface area contributed by atoms with E-state index in [2.05, 4.69) is 5.32 Å². The van der Waals surface area contributed by atoms with Crippen molar-refractivity contribution < 1.29 is 22.7 Å². The maximum absolute atomic E-state index is 13.1. The minimum atomic E-state index is -3.87. The van der Waals surface area contributed by atoms with Crippen molar-refractivity contribution in [3.05, 3.63) is 60.2 Å². The second-order valence-electron chi connectivity index (χ2n) is 5.98. The highest BCUT2D eigenvalue weighted by atomic mass is 32.2. The van der Waals surface area contributed by atoms with Crippen LogP contribution in [-0.4, -0.2) is 39.5 Å². The summed E-state index contributed by atoms with van der Waals surface area (Å²) in [5, 5.41) is 2.56. The zero-order valence-electron chi connectivity index (χ0n) is 16.1. The third-order valence-electron chi connectivity index (χ3n) is 3.99. The fourth-order valence-electron chi connectivity index (χ4n) is 2.60. The van der Waals surface area contributed by atoms with Crippen molar-refractivity contribution in [3.63, 3.8) is 0 Å². The topological polar surface area (TPSA) is 92.8 Å². The predicted molar refractivity (Wildman–Crippen MR) is 107 cm³/mol. The highest BCUT2D eigenvalue weighted by molar-refractivity contribution is 7.92. The number of amides is 1. The van der Waals surface area contributed by atoms with E-state index in [1.807, 2.05) is 0 Å². The third-order valence-corrected chi connectivity index (χ3v) is 5.89. The molecule has 0 saturated heterocycles. The highest BCUT2D eigenvalue weighted by Gasteiger charge is 2.25. The Balaban J connectivity index is 2.28. The number of carbonyl (C=O) groups excluding carboxylic acids is 2. The van der Waals surface area contributed by atoms with Crippen LogP contribution in [0.3, 0.4) is 0 Å².